The van der Waals surface area contributed by atoms with Crippen LogP contribution >= 0.6 is 0 Å². The van der Waals surface area contributed by atoms with Gasteiger partial charge in [-0.2, -0.15) is 0 Å². The molecule has 1 amide bonds. The van der Waals surface area contributed by atoms with Crippen molar-refractivity contribution < 1.29 is 28.9 Å². The van der Waals surface area contributed by atoms with Crippen molar-refractivity contribution in [2.45, 2.75) is 12.1 Å². The number of aliphatic hydroxyl groups is 1. The summed E-state index contributed by atoms with van der Waals surface area (Å²) in [5, 5.41) is 9.78. The van der Waals surface area contributed by atoms with E-state index in [1.54, 1.807) is 11.0 Å². The number of hydrogen-bond donors (Lipinski definition) is 1. The molecule has 7 heteroatoms. The second kappa shape index (κ2) is 8.86. The standard InChI is InChI=1S/C21H23NO6/c1-26-17-11-15(10-16(12-17)21(25)27-2)20(24)22-8-9-28-18(13-23)19(22)14-6-4-3-5-7-14/h3-7,10-12,18-19,23H,8-9,13H2,1-2H3/t18-,19-/m0/s1. The number of aliphatic hydroxyl groups excluding tert-OH is 1. The van der Waals surface area contributed by atoms with Gasteiger partial charge in [-0.15, -0.1) is 0 Å². The van der Waals surface area contributed by atoms with Crippen molar-refractivity contribution in [1.29, 1.82) is 0 Å². The lowest BCUT2D eigenvalue weighted by Gasteiger charge is -2.41. The number of methoxy groups -OCH3 is 2. The molecule has 0 spiro atoms. The maximum atomic E-state index is 13.4. The van der Waals surface area contributed by atoms with Gasteiger partial charge in [0.05, 0.1) is 39.0 Å². The lowest BCUT2D eigenvalue weighted by atomic mass is 9.97. The highest BCUT2D eigenvalue weighted by atomic mass is 16.5. The van der Waals surface area contributed by atoms with E-state index in [1.165, 1.54) is 26.4 Å². The van der Waals surface area contributed by atoms with Crippen LogP contribution in [0.4, 0.5) is 0 Å². The van der Waals surface area contributed by atoms with E-state index in [9.17, 15) is 14.7 Å². The van der Waals surface area contributed by atoms with Gasteiger partial charge >= 0.3 is 5.97 Å². The molecule has 0 bridgehead atoms. The van der Waals surface area contributed by atoms with Crippen LogP contribution in [0.25, 0.3) is 0 Å². The lowest BCUT2D eigenvalue weighted by molar-refractivity contribution is -0.0811. The molecule has 1 fully saturated rings. The number of esters is 1. The van der Waals surface area contributed by atoms with Gasteiger partial charge in [0.15, 0.2) is 0 Å². The Balaban J connectivity index is 2.00. The highest BCUT2D eigenvalue weighted by Crippen LogP contribution is 2.31. The number of ether oxygens (including phenoxy) is 3. The minimum absolute atomic E-state index is 0.213. The predicted octanol–water partition coefficient (Wildman–Crippen LogP) is 2.06. The van der Waals surface area contributed by atoms with Crippen LogP contribution in [0.3, 0.4) is 0 Å². The van der Waals surface area contributed by atoms with Crippen LogP contribution in [0.1, 0.15) is 32.3 Å². The summed E-state index contributed by atoms with van der Waals surface area (Å²) in [6.07, 6.45) is -0.536. The highest BCUT2D eigenvalue weighted by Gasteiger charge is 2.36. The number of morpholine rings is 1. The maximum Gasteiger partial charge on any atom is 0.338 e. The number of amides is 1. The Hall–Kier alpha value is -2.90. The first-order valence-electron chi connectivity index (χ1n) is 8.94. The van der Waals surface area contributed by atoms with Gasteiger partial charge in [-0.1, -0.05) is 30.3 Å². The first-order valence-corrected chi connectivity index (χ1v) is 8.94. The molecule has 1 saturated heterocycles. The second-order valence-corrected chi connectivity index (χ2v) is 6.39. The predicted molar refractivity (Wildman–Crippen MR) is 101 cm³/mol. The monoisotopic (exact) mass is 385 g/mol. The van der Waals surface area contributed by atoms with E-state index >= 15 is 0 Å². The summed E-state index contributed by atoms with van der Waals surface area (Å²) in [4.78, 5) is 27.0. The first kappa shape index (κ1) is 19.9. The third kappa shape index (κ3) is 4.00. The number of benzene rings is 2. The minimum Gasteiger partial charge on any atom is -0.497 e. The molecule has 1 aliphatic rings. The maximum absolute atomic E-state index is 13.4. The number of nitrogens with zero attached hydrogens (tertiary/aromatic N) is 1. The molecule has 2 aromatic carbocycles. The highest BCUT2D eigenvalue weighted by molar-refractivity contribution is 5.99. The molecule has 0 radical (unpaired) electrons. The van der Waals surface area contributed by atoms with Gasteiger partial charge in [0.25, 0.3) is 5.91 Å². The Morgan fingerprint density at radius 2 is 1.86 bits per heavy atom. The zero-order valence-corrected chi connectivity index (χ0v) is 15.8. The van der Waals surface area contributed by atoms with Crippen LogP contribution in [-0.4, -0.2) is 62.0 Å². The van der Waals surface area contributed by atoms with Crippen molar-refractivity contribution in [2.75, 3.05) is 34.0 Å². The van der Waals surface area contributed by atoms with Crippen LogP contribution in [0.2, 0.25) is 0 Å². The molecular formula is C21H23NO6. The summed E-state index contributed by atoms with van der Waals surface area (Å²) in [5.74, 6) is -0.447. The van der Waals surface area contributed by atoms with Gasteiger partial charge in [-0.05, 0) is 23.8 Å². The van der Waals surface area contributed by atoms with E-state index < -0.39 is 18.1 Å². The molecule has 0 aliphatic carbocycles. The Morgan fingerprint density at radius 3 is 2.50 bits per heavy atom. The Morgan fingerprint density at radius 1 is 1.14 bits per heavy atom. The molecule has 1 N–H and O–H groups in total. The number of hydrogen-bond acceptors (Lipinski definition) is 6. The van der Waals surface area contributed by atoms with E-state index in [1.807, 2.05) is 30.3 Å². The summed E-state index contributed by atoms with van der Waals surface area (Å²) in [6.45, 7) is 0.461. The minimum atomic E-state index is -0.553. The topological polar surface area (TPSA) is 85.3 Å². The van der Waals surface area contributed by atoms with Crippen molar-refractivity contribution in [3.05, 3.63) is 65.2 Å². The van der Waals surface area contributed by atoms with Crippen LogP contribution in [0.15, 0.2) is 48.5 Å². The SMILES string of the molecule is COC(=O)c1cc(OC)cc(C(=O)N2CCO[C@@H](CO)[C@@H]2c2ccccc2)c1. The van der Waals surface area contributed by atoms with Crippen LogP contribution in [0.5, 0.6) is 5.75 Å². The van der Waals surface area contributed by atoms with Crippen molar-refractivity contribution >= 4 is 11.9 Å². The second-order valence-electron chi connectivity index (χ2n) is 6.39. The molecule has 1 aliphatic heterocycles. The average Bonchev–Trinajstić information content (AvgIpc) is 2.77. The van der Waals surface area contributed by atoms with Gasteiger partial charge in [0.2, 0.25) is 0 Å². The molecule has 28 heavy (non-hydrogen) atoms. The Kier molecular flexibility index (Phi) is 6.28. The normalized spacial score (nSPS) is 19.2. The summed E-state index contributed by atoms with van der Waals surface area (Å²) in [6, 6.07) is 13.6. The average molecular weight is 385 g/mol. The summed E-state index contributed by atoms with van der Waals surface area (Å²) in [5.41, 5.74) is 1.40. The molecule has 3 rings (SSSR count). The van der Waals surface area contributed by atoms with E-state index in [-0.39, 0.29) is 18.1 Å². The summed E-state index contributed by atoms with van der Waals surface area (Å²) in [7, 11) is 2.75. The third-order valence-corrected chi connectivity index (χ3v) is 4.74. The zero-order chi connectivity index (χ0) is 20.1. The number of rotatable bonds is 5. The number of carbonyl (C=O) groups excluding carboxylic acids is 2. The van der Waals surface area contributed by atoms with E-state index in [0.29, 0.717) is 24.5 Å². The lowest BCUT2D eigenvalue weighted by Crippen LogP contribution is -2.49. The van der Waals surface area contributed by atoms with Gasteiger partial charge in [0, 0.05) is 12.1 Å². The molecule has 0 unspecified atom stereocenters. The summed E-state index contributed by atoms with van der Waals surface area (Å²) >= 11 is 0. The molecule has 2 atom stereocenters. The van der Waals surface area contributed by atoms with E-state index in [0.717, 1.165) is 5.56 Å². The van der Waals surface area contributed by atoms with Crippen molar-refractivity contribution in [1.82, 2.24) is 4.90 Å². The van der Waals surface area contributed by atoms with Gasteiger partial charge in [-0.25, -0.2) is 4.79 Å². The first-order chi connectivity index (χ1) is 13.6. The van der Waals surface area contributed by atoms with Crippen molar-refractivity contribution in [3.8, 4) is 5.75 Å². The van der Waals surface area contributed by atoms with Crippen LogP contribution < -0.4 is 4.74 Å². The molecule has 0 saturated carbocycles. The van der Waals surface area contributed by atoms with Crippen LogP contribution in [-0.2, 0) is 9.47 Å². The smallest absolute Gasteiger partial charge is 0.338 e. The fourth-order valence-corrected chi connectivity index (χ4v) is 3.40. The van der Waals surface area contributed by atoms with Gasteiger partial charge < -0.3 is 24.2 Å². The molecular weight excluding hydrogens is 362 g/mol. The van der Waals surface area contributed by atoms with Crippen LogP contribution in [0, 0.1) is 0 Å². The molecule has 0 aromatic heterocycles. The molecule has 1 heterocycles. The fraction of sp³-hybridized carbons (Fsp3) is 0.333. The molecule has 2 aromatic rings. The van der Waals surface area contributed by atoms with E-state index in [4.69, 9.17) is 14.2 Å². The summed E-state index contributed by atoms with van der Waals surface area (Å²) < 4.78 is 15.7. The van der Waals surface area contributed by atoms with E-state index in [2.05, 4.69) is 0 Å². The third-order valence-electron chi connectivity index (χ3n) is 4.74. The van der Waals surface area contributed by atoms with Crippen molar-refractivity contribution in [3.63, 3.8) is 0 Å². The molecule has 148 valence electrons. The van der Waals surface area contributed by atoms with Crippen molar-refractivity contribution in [2.24, 2.45) is 0 Å². The largest absolute Gasteiger partial charge is 0.497 e. The Bertz CT molecular complexity index is 838. The zero-order valence-electron chi connectivity index (χ0n) is 15.8. The number of carbonyl (C=O) groups is 2. The fourth-order valence-electron chi connectivity index (χ4n) is 3.40. The van der Waals surface area contributed by atoms with Gasteiger partial charge in [0.1, 0.15) is 11.9 Å². The quantitative estimate of drug-likeness (QED) is 0.793. The Labute approximate surface area is 163 Å². The van der Waals surface area contributed by atoms with Gasteiger partial charge in [-0.3, -0.25) is 4.79 Å². The molecule has 7 nitrogen and oxygen atoms in total.